The van der Waals surface area contributed by atoms with Gasteiger partial charge in [0.25, 0.3) is 0 Å². The SMILES string of the molecule is CCCCN1C(=O)C(CO)NCCC1(C)C. The highest BCUT2D eigenvalue weighted by Gasteiger charge is 2.36. The van der Waals surface area contributed by atoms with E-state index < -0.39 is 6.04 Å². The zero-order valence-electron chi connectivity index (χ0n) is 10.6. The Morgan fingerprint density at radius 2 is 2.25 bits per heavy atom. The Kier molecular flexibility index (Phi) is 4.74. The summed E-state index contributed by atoms with van der Waals surface area (Å²) in [6.45, 7) is 7.78. The van der Waals surface area contributed by atoms with Gasteiger partial charge in [0.1, 0.15) is 6.04 Å². The largest absolute Gasteiger partial charge is 0.394 e. The Morgan fingerprint density at radius 1 is 1.56 bits per heavy atom. The summed E-state index contributed by atoms with van der Waals surface area (Å²) in [4.78, 5) is 14.1. The van der Waals surface area contributed by atoms with Gasteiger partial charge in [0, 0.05) is 12.1 Å². The molecule has 1 heterocycles. The average molecular weight is 228 g/mol. The highest BCUT2D eigenvalue weighted by atomic mass is 16.3. The van der Waals surface area contributed by atoms with E-state index in [1.807, 2.05) is 4.90 Å². The second-order valence-electron chi connectivity index (χ2n) is 5.10. The standard InChI is InChI=1S/C12H24N2O2/c1-4-5-8-14-11(16)10(9-15)13-7-6-12(14,2)3/h10,13,15H,4-9H2,1-3H3. The average Bonchev–Trinajstić information content (AvgIpc) is 2.33. The maximum Gasteiger partial charge on any atom is 0.242 e. The smallest absolute Gasteiger partial charge is 0.242 e. The lowest BCUT2D eigenvalue weighted by atomic mass is 9.98. The summed E-state index contributed by atoms with van der Waals surface area (Å²) < 4.78 is 0. The van der Waals surface area contributed by atoms with Gasteiger partial charge in [-0.15, -0.1) is 0 Å². The van der Waals surface area contributed by atoms with E-state index in [1.165, 1.54) is 0 Å². The molecule has 16 heavy (non-hydrogen) atoms. The molecule has 1 aliphatic heterocycles. The topological polar surface area (TPSA) is 52.6 Å². The maximum atomic E-state index is 12.2. The number of aliphatic hydroxyl groups is 1. The van der Waals surface area contributed by atoms with Gasteiger partial charge in [-0.2, -0.15) is 0 Å². The quantitative estimate of drug-likeness (QED) is 0.746. The number of rotatable bonds is 4. The Labute approximate surface area is 98.0 Å². The lowest BCUT2D eigenvalue weighted by molar-refractivity contribution is -0.138. The summed E-state index contributed by atoms with van der Waals surface area (Å²) in [6, 6.07) is -0.418. The van der Waals surface area contributed by atoms with E-state index in [9.17, 15) is 9.90 Å². The lowest BCUT2D eigenvalue weighted by Gasteiger charge is -2.37. The lowest BCUT2D eigenvalue weighted by Crippen LogP contribution is -2.52. The summed E-state index contributed by atoms with van der Waals surface area (Å²) in [7, 11) is 0. The van der Waals surface area contributed by atoms with Crippen LogP contribution in [0.2, 0.25) is 0 Å². The molecule has 1 atom stereocenters. The molecular formula is C12H24N2O2. The first-order valence-corrected chi connectivity index (χ1v) is 6.18. The van der Waals surface area contributed by atoms with Crippen LogP contribution in [0.25, 0.3) is 0 Å². The van der Waals surface area contributed by atoms with E-state index in [0.717, 1.165) is 32.4 Å². The molecule has 1 saturated heterocycles. The third kappa shape index (κ3) is 2.95. The number of hydrogen-bond acceptors (Lipinski definition) is 3. The maximum absolute atomic E-state index is 12.2. The van der Waals surface area contributed by atoms with E-state index in [-0.39, 0.29) is 18.1 Å². The number of hydrogen-bond donors (Lipinski definition) is 2. The predicted molar refractivity (Wildman–Crippen MR) is 64.2 cm³/mol. The Bertz CT molecular complexity index is 241. The number of aliphatic hydroxyl groups excluding tert-OH is 1. The highest BCUT2D eigenvalue weighted by Crippen LogP contribution is 2.22. The molecule has 1 rings (SSSR count). The van der Waals surface area contributed by atoms with E-state index in [0.29, 0.717) is 0 Å². The van der Waals surface area contributed by atoms with Crippen molar-refractivity contribution in [1.29, 1.82) is 0 Å². The van der Waals surface area contributed by atoms with Crippen LogP contribution in [-0.4, -0.2) is 47.2 Å². The van der Waals surface area contributed by atoms with Crippen LogP contribution in [0.4, 0.5) is 0 Å². The van der Waals surface area contributed by atoms with Crippen molar-refractivity contribution in [1.82, 2.24) is 10.2 Å². The van der Waals surface area contributed by atoms with Gasteiger partial charge >= 0.3 is 0 Å². The van der Waals surface area contributed by atoms with E-state index in [4.69, 9.17) is 0 Å². The number of unbranched alkanes of at least 4 members (excludes halogenated alkanes) is 1. The second kappa shape index (κ2) is 5.64. The Hall–Kier alpha value is -0.610. The van der Waals surface area contributed by atoms with Gasteiger partial charge in [-0.25, -0.2) is 0 Å². The van der Waals surface area contributed by atoms with Crippen LogP contribution in [0.1, 0.15) is 40.0 Å². The molecule has 2 N–H and O–H groups in total. The molecule has 0 aromatic rings. The second-order valence-corrected chi connectivity index (χ2v) is 5.10. The van der Waals surface area contributed by atoms with Gasteiger partial charge < -0.3 is 15.3 Å². The number of carbonyl (C=O) groups excluding carboxylic acids is 1. The molecule has 0 aromatic heterocycles. The molecule has 1 fully saturated rings. The van der Waals surface area contributed by atoms with E-state index in [1.54, 1.807) is 0 Å². The number of nitrogens with one attached hydrogen (secondary N) is 1. The summed E-state index contributed by atoms with van der Waals surface area (Å²) in [5.41, 5.74) is -0.108. The van der Waals surface area contributed by atoms with Crippen LogP contribution in [0.15, 0.2) is 0 Å². The monoisotopic (exact) mass is 228 g/mol. The van der Waals surface area contributed by atoms with Crippen molar-refractivity contribution in [3.8, 4) is 0 Å². The number of carbonyl (C=O) groups is 1. The molecular weight excluding hydrogens is 204 g/mol. The highest BCUT2D eigenvalue weighted by molar-refractivity contribution is 5.83. The van der Waals surface area contributed by atoms with Crippen LogP contribution in [-0.2, 0) is 4.79 Å². The van der Waals surface area contributed by atoms with Crippen LogP contribution in [0.5, 0.6) is 0 Å². The van der Waals surface area contributed by atoms with Crippen LogP contribution in [0.3, 0.4) is 0 Å². The van der Waals surface area contributed by atoms with Crippen molar-refractivity contribution in [2.45, 2.75) is 51.6 Å². The fourth-order valence-corrected chi connectivity index (χ4v) is 2.13. The van der Waals surface area contributed by atoms with Crippen LogP contribution in [0, 0.1) is 0 Å². The van der Waals surface area contributed by atoms with Crippen molar-refractivity contribution in [2.24, 2.45) is 0 Å². The minimum absolute atomic E-state index is 0.0402. The fraction of sp³-hybridized carbons (Fsp3) is 0.917. The molecule has 0 aliphatic carbocycles. The first kappa shape index (κ1) is 13.5. The van der Waals surface area contributed by atoms with Crippen molar-refractivity contribution >= 4 is 5.91 Å². The van der Waals surface area contributed by atoms with Crippen molar-refractivity contribution < 1.29 is 9.90 Å². The molecule has 1 aliphatic rings. The van der Waals surface area contributed by atoms with Crippen molar-refractivity contribution in [3.63, 3.8) is 0 Å². The molecule has 0 aromatic carbocycles. The first-order valence-electron chi connectivity index (χ1n) is 6.18. The number of amides is 1. The minimum Gasteiger partial charge on any atom is -0.394 e. The molecule has 1 amide bonds. The van der Waals surface area contributed by atoms with E-state index in [2.05, 4.69) is 26.1 Å². The third-order valence-electron chi connectivity index (χ3n) is 3.34. The van der Waals surface area contributed by atoms with Gasteiger partial charge in [0.15, 0.2) is 0 Å². The fourth-order valence-electron chi connectivity index (χ4n) is 2.13. The summed E-state index contributed by atoms with van der Waals surface area (Å²) >= 11 is 0. The first-order chi connectivity index (χ1) is 7.53. The van der Waals surface area contributed by atoms with Gasteiger partial charge in [-0.05, 0) is 33.2 Å². The molecule has 94 valence electrons. The van der Waals surface area contributed by atoms with Gasteiger partial charge in [-0.3, -0.25) is 4.79 Å². The third-order valence-corrected chi connectivity index (χ3v) is 3.34. The summed E-state index contributed by atoms with van der Waals surface area (Å²) in [6.07, 6.45) is 3.03. The molecule has 0 spiro atoms. The van der Waals surface area contributed by atoms with Crippen LogP contribution >= 0.6 is 0 Å². The Balaban J connectivity index is 2.79. The van der Waals surface area contributed by atoms with Crippen molar-refractivity contribution in [3.05, 3.63) is 0 Å². The molecule has 0 radical (unpaired) electrons. The van der Waals surface area contributed by atoms with Gasteiger partial charge in [0.05, 0.1) is 6.61 Å². The molecule has 0 saturated carbocycles. The van der Waals surface area contributed by atoms with Crippen LogP contribution < -0.4 is 5.32 Å². The molecule has 4 nitrogen and oxygen atoms in total. The zero-order chi connectivity index (χ0) is 12.2. The van der Waals surface area contributed by atoms with Gasteiger partial charge in [-0.1, -0.05) is 13.3 Å². The zero-order valence-corrected chi connectivity index (χ0v) is 10.6. The normalized spacial score (nSPS) is 25.6. The molecule has 4 heteroatoms. The van der Waals surface area contributed by atoms with E-state index >= 15 is 0 Å². The summed E-state index contributed by atoms with van der Waals surface area (Å²) in [5.74, 6) is 0.0402. The van der Waals surface area contributed by atoms with Crippen molar-refractivity contribution in [2.75, 3.05) is 19.7 Å². The molecule has 1 unspecified atom stereocenters. The summed E-state index contributed by atoms with van der Waals surface area (Å²) in [5, 5.41) is 12.3. The molecule has 0 bridgehead atoms. The van der Waals surface area contributed by atoms with Gasteiger partial charge in [0.2, 0.25) is 5.91 Å². The predicted octanol–water partition coefficient (Wildman–Crippen LogP) is 0.748. The number of nitrogens with zero attached hydrogens (tertiary/aromatic N) is 1. The Morgan fingerprint density at radius 3 is 2.81 bits per heavy atom. The minimum atomic E-state index is -0.418.